The molecule has 0 spiro atoms. The topological polar surface area (TPSA) is 85.1 Å². The molecule has 0 aliphatic carbocycles. The summed E-state index contributed by atoms with van der Waals surface area (Å²) in [4.78, 5) is 32.2. The molecule has 0 unspecified atom stereocenters. The molecule has 4 rings (SSSR count). The van der Waals surface area contributed by atoms with Crippen LogP contribution in [0.1, 0.15) is 52.0 Å². The van der Waals surface area contributed by atoms with Gasteiger partial charge >= 0.3 is 5.97 Å². The van der Waals surface area contributed by atoms with Gasteiger partial charge < -0.3 is 9.67 Å². The molecule has 1 N–H and O–H groups in total. The van der Waals surface area contributed by atoms with Gasteiger partial charge in [-0.05, 0) is 30.2 Å². The first-order valence-corrected chi connectivity index (χ1v) is 11.1. The molecule has 4 aromatic rings. The van der Waals surface area contributed by atoms with Gasteiger partial charge in [0, 0.05) is 18.5 Å². The Labute approximate surface area is 188 Å². The zero-order valence-corrected chi connectivity index (χ0v) is 18.4. The minimum Gasteiger partial charge on any atom is -0.478 e. The van der Waals surface area contributed by atoms with Gasteiger partial charge in [-0.25, -0.2) is 14.8 Å². The number of carboxylic acids is 1. The zero-order chi connectivity index (χ0) is 22.0. The number of fused-ring (bicyclic) bond motifs is 1. The summed E-state index contributed by atoms with van der Waals surface area (Å²) in [7, 11) is 0. The lowest BCUT2D eigenvalue weighted by Crippen LogP contribution is -2.08. The third kappa shape index (κ3) is 4.24. The van der Waals surface area contributed by atoms with Crippen LogP contribution in [0.15, 0.2) is 42.5 Å². The number of imidazole rings is 1. The van der Waals surface area contributed by atoms with E-state index in [1.54, 1.807) is 24.3 Å². The molecule has 2 aromatic carbocycles. The molecular weight excluding hydrogens is 434 g/mol. The van der Waals surface area contributed by atoms with Crippen LogP contribution in [-0.4, -0.2) is 31.9 Å². The van der Waals surface area contributed by atoms with Crippen LogP contribution < -0.4 is 0 Å². The van der Waals surface area contributed by atoms with Crippen LogP contribution in [0.4, 0.5) is 0 Å². The molecule has 0 amide bonds. The number of hydrogen-bond donors (Lipinski definition) is 1. The Balaban J connectivity index is 1.71. The third-order valence-corrected chi connectivity index (χ3v) is 6.42. The number of unbranched alkanes of at least 4 members (excludes halogenated alkanes) is 1. The van der Waals surface area contributed by atoms with Gasteiger partial charge in [-0.1, -0.05) is 49.2 Å². The third-order valence-electron chi connectivity index (χ3n) is 5.09. The Bertz CT molecular complexity index is 1280. The van der Waals surface area contributed by atoms with E-state index < -0.39 is 5.97 Å². The highest BCUT2D eigenvalue weighted by molar-refractivity contribution is 7.21. The summed E-state index contributed by atoms with van der Waals surface area (Å²) in [5.74, 6) is -0.178. The highest BCUT2D eigenvalue weighted by atomic mass is 35.5. The predicted molar refractivity (Wildman–Crippen MR) is 122 cm³/mol. The van der Waals surface area contributed by atoms with Gasteiger partial charge in [-0.2, -0.15) is 0 Å². The van der Waals surface area contributed by atoms with Gasteiger partial charge in [-0.15, -0.1) is 11.3 Å². The number of carbonyl (C=O) groups is 2. The number of carboxylic acid groups (broad SMARTS) is 1. The highest BCUT2D eigenvalue weighted by Gasteiger charge is 2.17. The molecule has 2 aromatic heterocycles. The fourth-order valence-electron chi connectivity index (χ4n) is 3.52. The number of thiazole rings is 1. The Kier molecular flexibility index (Phi) is 6.15. The van der Waals surface area contributed by atoms with E-state index >= 15 is 0 Å². The summed E-state index contributed by atoms with van der Waals surface area (Å²) in [5.41, 5.74) is 3.00. The summed E-state index contributed by atoms with van der Waals surface area (Å²) in [6.07, 6.45) is 3.49. The Hall–Kier alpha value is -3.03. The van der Waals surface area contributed by atoms with Crippen molar-refractivity contribution >= 4 is 45.4 Å². The maximum absolute atomic E-state index is 11.6. The maximum Gasteiger partial charge on any atom is 0.336 e. The summed E-state index contributed by atoms with van der Waals surface area (Å²) in [6, 6.07) is 12.8. The number of benzene rings is 2. The van der Waals surface area contributed by atoms with Crippen LogP contribution >= 0.6 is 22.9 Å². The van der Waals surface area contributed by atoms with Crippen molar-refractivity contribution in [2.45, 2.75) is 32.7 Å². The largest absolute Gasteiger partial charge is 0.478 e. The van der Waals surface area contributed by atoms with Gasteiger partial charge in [0.2, 0.25) is 0 Å². The number of aryl methyl sites for hydroxylation is 1. The van der Waals surface area contributed by atoms with Crippen molar-refractivity contribution in [3.63, 3.8) is 0 Å². The first kappa shape index (κ1) is 21.2. The van der Waals surface area contributed by atoms with Crippen molar-refractivity contribution < 1.29 is 14.7 Å². The second kappa shape index (κ2) is 8.99. The van der Waals surface area contributed by atoms with E-state index in [4.69, 9.17) is 11.6 Å². The molecule has 0 fully saturated rings. The SMILES string of the molecule is CCCCc1nc(Cl)c(C=O)n1Cc1ccc2nc(-c3ccccc3C(=O)O)sc2c1. The lowest BCUT2D eigenvalue weighted by Gasteiger charge is -2.09. The number of nitrogens with zero attached hydrogens (tertiary/aromatic N) is 3. The molecule has 8 heteroatoms. The average Bonchev–Trinajstić information content (AvgIpc) is 3.32. The van der Waals surface area contributed by atoms with Gasteiger partial charge in [0.15, 0.2) is 11.4 Å². The number of rotatable bonds is 8. The summed E-state index contributed by atoms with van der Waals surface area (Å²) in [5, 5.41) is 10.4. The van der Waals surface area contributed by atoms with Crippen molar-refractivity contribution in [3.8, 4) is 10.6 Å². The number of halogens is 1. The molecule has 0 bridgehead atoms. The van der Waals surface area contributed by atoms with Crippen LogP contribution in [0.5, 0.6) is 0 Å². The number of carbonyl (C=O) groups excluding carboxylic acids is 1. The van der Waals surface area contributed by atoms with Crippen molar-refractivity contribution in [2.24, 2.45) is 0 Å². The van der Waals surface area contributed by atoms with Crippen molar-refractivity contribution in [1.82, 2.24) is 14.5 Å². The quantitative estimate of drug-likeness (QED) is 0.345. The number of aromatic nitrogens is 3. The van der Waals surface area contributed by atoms with Gasteiger partial charge in [-0.3, -0.25) is 4.79 Å². The fraction of sp³-hybridized carbons (Fsp3) is 0.217. The van der Waals surface area contributed by atoms with Gasteiger partial charge in [0.05, 0.1) is 15.8 Å². The van der Waals surface area contributed by atoms with E-state index in [-0.39, 0.29) is 10.7 Å². The van der Waals surface area contributed by atoms with E-state index in [2.05, 4.69) is 16.9 Å². The number of hydrogen-bond acceptors (Lipinski definition) is 5. The maximum atomic E-state index is 11.6. The molecular formula is C23H20ClN3O3S. The molecule has 2 heterocycles. The second-order valence-corrected chi connectivity index (χ2v) is 8.57. The van der Waals surface area contributed by atoms with Crippen molar-refractivity contribution in [3.05, 3.63) is 70.3 Å². The Morgan fingerprint density at radius 1 is 1.23 bits per heavy atom. The number of aldehydes is 1. The lowest BCUT2D eigenvalue weighted by atomic mass is 10.1. The van der Waals surface area contributed by atoms with Gasteiger partial charge in [0.25, 0.3) is 0 Å². The summed E-state index contributed by atoms with van der Waals surface area (Å²) >= 11 is 7.63. The second-order valence-electron chi connectivity index (χ2n) is 7.18. The molecule has 0 aliphatic rings. The number of aromatic carboxylic acids is 1. The van der Waals surface area contributed by atoms with Crippen LogP contribution in [0, 0.1) is 0 Å². The molecule has 0 aliphatic heterocycles. The van der Waals surface area contributed by atoms with Crippen LogP contribution in [0.3, 0.4) is 0 Å². The fourth-order valence-corrected chi connectivity index (χ4v) is 4.83. The molecule has 0 radical (unpaired) electrons. The van der Waals surface area contributed by atoms with Gasteiger partial charge in [0.1, 0.15) is 16.5 Å². The molecule has 31 heavy (non-hydrogen) atoms. The van der Waals surface area contributed by atoms with E-state index in [0.717, 1.165) is 47.2 Å². The Morgan fingerprint density at radius 3 is 2.77 bits per heavy atom. The average molecular weight is 454 g/mol. The van der Waals surface area contributed by atoms with E-state index in [1.165, 1.54) is 11.3 Å². The molecule has 0 saturated heterocycles. The minimum absolute atomic E-state index is 0.228. The normalized spacial score (nSPS) is 11.2. The predicted octanol–water partition coefficient (Wildman–Crippen LogP) is 5.71. The lowest BCUT2D eigenvalue weighted by molar-refractivity contribution is 0.0697. The summed E-state index contributed by atoms with van der Waals surface area (Å²) < 4.78 is 2.81. The van der Waals surface area contributed by atoms with Crippen LogP contribution in [0.2, 0.25) is 5.15 Å². The van der Waals surface area contributed by atoms with Crippen LogP contribution in [-0.2, 0) is 13.0 Å². The zero-order valence-electron chi connectivity index (χ0n) is 16.8. The van der Waals surface area contributed by atoms with E-state index in [0.29, 0.717) is 22.8 Å². The van der Waals surface area contributed by atoms with Crippen LogP contribution in [0.25, 0.3) is 20.8 Å². The van der Waals surface area contributed by atoms with Crippen molar-refractivity contribution in [2.75, 3.05) is 0 Å². The smallest absolute Gasteiger partial charge is 0.336 e. The van der Waals surface area contributed by atoms with E-state index in [9.17, 15) is 14.7 Å². The summed E-state index contributed by atoms with van der Waals surface area (Å²) in [6.45, 7) is 2.58. The molecule has 0 saturated carbocycles. The highest BCUT2D eigenvalue weighted by Crippen LogP contribution is 2.33. The first-order chi connectivity index (χ1) is 15.0. The molecule has 6 nitrogen and oxygen atoms in total. The molecule has 158 valence electrons. The molecule has 0 atom stereocenters. The monoisotopic (exact) mass is 453 g/mol. The Morgan fingerprint density at radius 2 is 2.03 bits per heavy atom. The first-order valence-electron chi connectivity index (χ1n) is 9.94. The standard InChI is InChI=1S/C23H20ClN3O3S/c1-2-3-8-20-26-21(24)18(13-28)27(20)12-14-9-10-17-19(11-14)31-22(25-17)15-6-4-5-7-16(15)23(29)30/h4-7,9-11,13H,2-3,8,12H2,1H3,(H,29,30). The minimum atomic E-state index is -0.978. The van der Waals surface area contributed by atoms with E-state index in [1.807, 2.05) is 22.8 Å². The van der Waals surface area contributed by atoms with Crippen molar-refractivity contribution in [1.29, 1.82) is 0 Å².